The van der Waals surface area contributed by atoms with Crippen molar-refractivity contribution in [3.63, 3.8) is 0 Å². The lowest BCUT2D eigenvalue weighted by molar-refractivity contribution is -0.384. The molecular weight excluding hydrogens is 466 g/mol. The van der Waals surface area contributed by atoms with Crippen molar-refractivity contribution in [2.24, 2.45) is 10.1 Å². The van der Waals surface area contributed by atoms with Gasteiger partial charge in [-0.3, -0.25) is 14.9 Å². The molecule has 0 fully saturated rings. The summed E-state index contributed by atoms with van der Waals surface area (Å²) in [5.74, 6) is -0.568. The first kappa shape index (κ1) is 24.1. The molecule has 0 N–H and O–H groups in total. The van der Waals surface area contributed by atoms with Crippen molar-refractivity contribution >= 4 is 51.7 Å². The number of carbonyl (C=O) groups excluding carboxylic acids is 1. The lowest BCUT2D eigenvalue weighted by atomic mass is 10.1. The second-order valence-corrected chi connectivity index (χ2v) is 8.36. The second kappa shape index (κ2) is 10.1. The van der Waals surface area contributed by atoms with Crippen LogP contribution >= 0.6 is 11.6 Å². The Kier molecular flexibility index (Phi) is 6.93. The van der Waals surface area contributed by atoms with Crippen LogP contribution in [0.3, 0.4) is 0 Å². The molecule has 0 saturated heterocycles. The zero-order valence-corrected chi connectivity index (χ0v) is 20.4. The average molecular weight is 490 g/mol. The van der Waals surface area contributed by atoms with Crippen LogP contribution in [0.4, 0.5) is 22.7 Å². The molecule has 4 rings (SSSR count). The van der Waals surface area contributed by atoms with E-state index in [0.717, 1.165) is 29.3 Å². The fourth-order valence-electron chi connectivity index (χ4n) is 3.94. The fraction of sp³-hybridized carbons (Fsp3) is 0.192. The van der Waals surface area contributed by atoms with Crippen molar-refractivity contribution in [2.75, 3.05) is 23.0 Å². The monoisotopic (exact) mass is 489 g/mol. The number of amides is 1. The number of nitro benzene ring substituents is 1. The summed E-state index contributed by atoms with van der Waals surface area (Å²) in [7, 11) is 0. The smallest absolute Gasteiger partial charge is 0.299 e. The van der Waals surface area contributed by atoms with Gasteiger partial charge in [0.2, 0.25) is 0 Å². The predicted octanol–water partition coefficient (Wildman–Crippen LogP) is 5.93. The number of halogens is 1. The molecule has 0 atom stereocenters. The van der Waals surface area contributed by atoms with Gasteiger partial charge in [0.1, 0.15) is 11.4 Å². The van der Waals surface area contributed by atoms with Crippen LogP contribution in [-0.4, -0.2) is 35.3 Å². The van der Waals surface area contributed by atoms with Crippen molar-refractivity contribution in [3.8, 4) is 0 Å². The van der Waals surface area contributed by atoms with Crippen LogP contribution in [0.2, 0.25) is 5.02 Å². The minimum absolute atomic E-state index is 0.0141. The minimum atomic E-state index is -0.568. The maximum atomic E-state index is 13.6. The highest BCUT2D eigenvalue weighted by molar-refractivity contribution is 6.74. The van der Waals surface area contributed by atoms with E-state index in [4.69, 9.17) is 16.6 Å². The molecule has 0 aromatic heterocycles. The number of hydrazone groups is 1. The number of carbonyl (C=O) groups is 1. The molecule has 8 nitrogen and oxygen atoms in total. The molecule has 1 heterocycles. The van der Waals surface area contributed by atoms with Gasteiger partial charge in [0.25, 0.3) is 11.6 Å². The maximum absolute atomic E-state index is 13.6. The van der Waals surface area contributed by atoms with Gasteiger partial charge in [-0.05, 0) is 56.7 Å². The van der Waals surface area contributed by atoms with Crippen LogP contribution in [0, 0.1) is 17.0 Å². The minimum Gasteiger partial charge on any atom is -0.372 e. The van der Waals surface area contributed by atoms with E-state index in [0.29, 0.717) is 17.0 Å². The summed E-state index contributed by atoms with van der Waals surface area (Å²) in [4.78, 5) is 31.6. The topological polar surface area (TPSA) is 91.4 Å². The van der Waals surface area contributed by atoms with E-state index in [1.54, 1.807) is 0 Å². The highest BCUT2D eigenvalue weighted by Crippen LogP contribution is 2.34. The van der Waals surface area contributed by atoms with Crippen molar-refractivity contribution in [1.82, 2.24) is 0 Å². The molecule has 0 unspecified atom stereocenters. The Hall–Kier alpha value is -4.04. The molecule has 0 radical (unpaired) electrons. The van der Waals surface area contributed by atoms with Crippen molar-refractivity contribution in [2.45, 2.75) is 20.8 Å². The Morgan fingerprint density at radius 3 is 2.40 bits per heavy atom. The highest BCUT2D eigenvalue weighted by Gasteiger charge is 2.37. The number of benzene rings is 3. The largest absolute Gasteiger partial charge is 0.372 e. The third-order valence-corrected chi connectivity index (χ3v) is 6.01. The molecule has 1 aliphatic rings. The number of aryl methyl sites for hydroxylation is 1. The Bertz CT molecular complexity index is 1350. The Balaban J connectivity index is 1.84. The first-order chi connectivity index (χ1) is 16.8. The molecule has 178 valence electrons. The normalized spacial score (nSPS) is 14.4. The summed E-state index contributed by atoms with van der Waals surface area (Å²) < 4.78 is 0. The summed E-state index contributed by atoms with van der Waals surface area (Å²) in [6.07, 6.45) is 0. The third-order valence-electron chi connectivity index (χ3n) is 5.77. The zero-order valence-electron chi connectivity index (χ0n) is 19.6. The van der Waals surface area contributed by atoms with Crippen LogP contribution in [-0.2, 0) is 4.79 Å². The van der Waals surface area contributed by atoms with Gasteiger partial charge in [-0.25, -0.2) is 4.99 Å². The summed E-state index contributed by atoms with van der Waals surface area (Å²) in [6.45, 7) is 7.87. The fourth-order valence-corrected chi connectivity index (χ4v) is 4.11. The summed E-state index contributed by atoms with van der Waals surface area (Å²) in [5.41, 5.74) is 3.40. The van der Waals surface area contributed by atoms with Crippen LogP contribution in [0.25, 0.3) is 0 Å². The number of hydrogen-bond donors (Lipinski definition) is 0. The highest BCUT2D eigenvalue weighted by atomic mass is 35.5. The van der Waals surface area contributed by atoms with Crippen molar-refractivity contribution in [1.29, 1.82) is 0 Å². The summed E-state index contributed by atoms with van der Waals surface area (Å²) >= 11 is 6.11. The number of nitrogens with zero attached hydrogens (tertiary/aromatic N) is 5. The maximum Gasteiger partial charge on any atom is 0.299 e. The van der Waals surface area contributed by atoms with E-state index in [9.17, 15) is 14.9 Å². The van der Waals surface area contributed by atoms with E-state index in [-0.39, 0.29) is 22.1 Å². The predicted molar refractivity (Wildman–Crippen MR) is 140 cm³/mol. The van der Waals surface area contributed by atoms with Gasteiger partial charge in [-0.15, -0.1) is 0 Å². The number of rotatable bonds is 7. The Labute approximate surface area is 208 Å². The summed E-state index contributed by atoms with van der Waals surface area (Å²) in [5, 5.41) is 17.4. The average Bonchev–Trinajstić information content (AvgIpc) is 3.17. The molecule has 35 heavy (non-hydrogen) atoms. The van der Waals surface area contributed by atoms with Crippen LogP contribution < -0.4 is 9.91 Å². The molecule has 3 aromatic rings. The van der Waals surface area contributed by atoms with Crippen LogP contribution in [0.5, 0.6) is 0 Å². The first-order valence-electron chi connectivity index (χ1n) is 11.2. The molecular formula is C26H24ClN5O3. The zero-order chi connectivity index (χ0) is 25.1. The molecule has 0 aliphatic carbocycles. The van der Waals surface area contributed by atoms with E-state index >= 15 is 0 Å². The lowest BCUT2D eigenvalue weighted by Crippen LogP contribution is -2.28. The summed E-state index contributed by atoms with van der Waals surface area (Å²) in [6, 6.07) is 19.0. The number of anilines is 2. The molecule has 0 saturated carbocycles. The van der Waals surface area contributed by atoms with Gasteiger partial charge in [0, 0.05) is 35.4 Å². The van der Waals surface area contributed by atoms with Gasteiger partial charge >= 0.3 is 0 Å². The SMILES string of the molecule is CCN(CC)c1ccc(N=C2C(=O)N(c3cc(Cl)ccc3[N+](=O)[O-])N=C2c2ccccc2)c(C)c1. The van der Waals surface area contributed by atoms with Crippen LogP contribution in [0.1, 0.15) is 25.0 Å². The van der Waals surface area contributed by atoms with E-state index < -0.39 is 10.8 Å². The molecule has 0 spiro atoms. The number of hydrogen-bond acceptors (Lipinski definition) is 6. The molecule has 9 heteroatoms. The molecule has 1 aliphatic heterocycles. The lowest BCUT2D eigenvalue weighted by Gasteiger charge is -2.21. The number of aliphatic imine (C=N–C) groups is 1. The van der Waals surface area contributed by atoms with Crippen LogP contribution in [0.15, 0.2) is 76.8 Å². The van der Waals surface area contributed by atoms with Gasteiger partial charge in [-0.2, -0.15) is 10.1 Å². The van der Waals surface area contributed by atoms with Crippen molar-refractivity contribution in [3.05, 3.63) is 93.0 Å². The quantitative estimate of drug-likeness (QED) is 0.304. The number of nitro groups is 1. The van der Waals surface area contributed by atoms with Crippen molar-refractivity contribution < 1.29 is 9.72 Å². The first-order valence-corrected chi connectivity index (χ1v) is 11.6. The third kappa shape index (κ3) is 4.79. The van der Waals surface area contributed by atoms with Gasteiger partial charge < -0.3 is 4.90 Å². The Morgan fingerprint density at radius 1 is 1.06 bits per heavy atom. The standard InChI is InChI=1S/C26H24ClN5O3/c1-4-30(5-2)20-12-13-21(17(3)15-20)28-25-24(18-9-7-6-8-10-18)29-31(26(25)33)23-16-19(27)11-14-22(23)32(34)35/h6-16H,4-5H2,1-3H3. The van der Waals surface area contributed by atoms with Gasteiger partial charge in [0.15, 0.2) is 5.71 Å². The van der Waals surface area contributed by atoms with E-state index in [2.05, 4.69) is 23.8 Å². The molecule has 1 amide bonds. The van der Waals surface area contributed by atoms with Gasteiger partial charge in [0.05, 0.1) is 10.6 Å². The second-order valence-electron chi connectivity index (χ2n) is 7.93. The molecule has 0 bridgehead atoms. The molecule has 3 aromatic carbocycles. The van der Waals surface area contributed by atoms with Gasteiger partial charge in [-0.1, -0.05) is 41.9 Å². The Morgan fingerprint density at radius 2 is 1.77 bits per heavy atom. The van der Waals surface area contributed by atoms with E-state index in [1.807, 2.05) is 55.5 Å². The van der Waals surface area contributed by atoms with E-state index in [1.165, 1.54) is 18.2 Å².